The van der Waals surface area contributed by atoms with E-state index in [4.69, 9.17) is 0 Å². The van der Waals surface area contributed by atoms with Crippen LogP contribution < -0.4 is 0 Å². The van der Waals surface area contributed by atoms with Crippen LogP contribution in [-0.4, -0.2) is 53.0 Å². The van der Waals surface area contributed by atoms with Gasteiger partial charge in [0.25, 0.3) is 5.91 Å². The Morgan fingerprint density at radius 2 is 1.62 bits per heavy atom. The molecule has 2 saturated heterocycles. The number of hydrogen-bond donors (Lipinski definition) is 0. The second-order valence-electron chi connectivity index (χ2n) is 9.40. The SMILES string of the molecule is O=C(c1cc2ccccc2n1Cc1ccc(F)cc1)N1CCC(CN2CCCCC2)CC1. The fraction of sp³-hybridized carbons (Fsp3) is 0.444. The van der Waals surface area contributed by atoms with Gasteiger partial charge >= 0.3 is 0 Å². The highest BCUT2D eigenvalue weighted by Crippen LogP contribution is 2.26. The van der Waals surface area contributed by atoms with Crippen LogP contribution in [0.3, 0.4) is 0 Å². The van der Waals surface area contributed by atoms with Gasteiger partial charge in [0.15, 0.2) is 0 Å². The molecule has 5 heteroatoms. The number of hydrogen-bond acceptors (Lipinski definition) is 2. The summed E-state index contributed by atoms with van der Waals surface area (Å²) in [5.74, 6) is 0.566. The maximum absolute atomic E-state index is 13.6. The minimum atomic E-state index is -0.241. The van der Waals surface area contributed by atoms with Gasteiger partial charge in [-0.3, -0.25) is 4.79 Å². The van der Waals surface area contributed by atoms with E-state index in [9.17, 15) is 9.18 Å². The number of carbonyl (C=O) groups is 1. The van der Waals surface area contributed by atoms with E-state index in [2.05, 4.69) is 21.6 Å². The van der Waals surface area contributed by atoms with E-state index in [0.717, 1.165) is 48.1 Å². The largest absolute Gasteiger partial charge is 0.337 e. The fourth-order valence-electron chi connectivity index (χ4n) is 5.32. The third-order valence-corrected chi connectivity index (χ3v) is 7.15. The zero-order valence-corrected chi connectivity index (χ0v) is 18.7. The molecule has 32 heavy (non-hydrogen) atoms. The Hall–Kier alpha value is -2.66. The highest BCUT2D eigenvalue weighted by Gasteiger charge is 2.27. The van der Waals surface area contributed by atoms with Crippen molar-refractivity contribution in [1.29, 1.82) is 0 Å². The zero-order valence-electron chi connectivity index (χ0n) is 18.7. The van der Waals surface area contributed by atoms with Crippen molar-refractivity contribution in [2.24, 2.45) is 5.92 Å². The van der Waals surface area contributed by atoms with Gasteiger partial charge in [-0.1, -0.05) is 36.8 Å². The Balaban J connectivity index is 1.31. The van der Waals surface area contributed by atoms with Crippen molar-refractivity contribution in [2.75, 3.05) is 32.7 Å². The van der Waals surface area contributed by atoms with Crippen molar-refractivity contribution >= 4 is 16.8 Å². The maximum Gasteiger partial charge on any atom is 0.270 e. The number of nitrogens with zero attached hydrogens (tertiary/aromatic N) is 3. The van der Waals surface area contributed by atoms with Gasteiger partial charge in [0, 0.05) is 37.1 Å². The Morgan fingerprint density at radius 1 is 0.906 bits per heavy atom. The van der Waals surface area contributed by atoms with Crippen LogP contribution in [0.1, 0.15) is 48.2 Å². The first kappa shape index (κ1) is 21.2. The average Bonchev–Trinajstić information content (AvgIpc) is 3.19. The number of piperidine rings is 2. The molecule has 0 radical (unpaired) electrons. The molecule has 3 heterocycles. The standard InChI is InChI=1S/C27H32FN3O/c28-24-10-8-21(9-11-24)20-31-25-7-3-2-6-23(25)18-26(31)27(32)30-16-12-22(13-17-30)19-29-14-4-1-5-15-29/h2-3,6-11,18,22H,1,4-5,12-17,19-20H2. The van der Waals surface area contributed by atoms with E-state index < -0.39 is 0 Å². The average molecular weight is 434 g/mol. The van der Waals surface area contributed by atoms with Gasteiger partial charge < -0.3 is 14.4 Å². The highest BCUT2D eigenvalue weighted by atomic mass is 19.1. The van der Waals surface area contributed by atoms with Gasteiger partial charge in [-0.15, -0.1) is 0 Å². The summed E-state index contributed by atoms with van der Waals surface area (Å²) in [5.41, 5.74) is 2.76. The van der Waals surface area contributed by atoms with E-state index >= 15 is 0 Å². The first-order chi connectivity index (χ1) is 15.7. The summed E-state index contributed by atoms with van der Waals surface area (Å²) >= 11 is 0. The number of aromatic nitrogens is 1. The zero-order chi connectivity index (χ0) is 21.9. The second kappa shape index (κ2) is 9.45. The van der Waals surface area contributed by atoms with Crippen LogP contribution in [0, 0.1) is 11.7 Å². The lowest BCUT2D eigenvalue weighted by atomic mass is 9.95. The van der Waals surface area contributed by atoms with Crippen molar-refractivity contribution in [2.45, 2.75) is 38.6 Å². The molecule has 0 aliphatic carbocycles. The predicted molar refractivity (Wildman–Crippen MR) is 126 cm³/mol. The second-order valence-corrected chi connectivity index (χ2v) is 9.40. The van der Waals surface area contributed by atoms with Crippen LogP contribution in [0.2, 0.25) is 0 Å². The molecule has 0 saturated carbocycles. The number of rotatable bonds is 5. The molecule has 4 nitrogen and oxygen atoms in total. The Morgan fingerprint density at radius 3 is 2.38 bits per heavy atom. The summed E-state index contributed by atoms with van der Waals surface area (Å²) in [6.45, 7) is 5.88. The summed E-state index contributed by atoms with van der Waals surface area (Å²) in [6.07, 6.45) is 6.20. The van der Waals surface area contributed by atoms with Gasteiger partial charge in [-0.25, -0.2) is 4.39 Å². The quantitative estimate of drug-likeness (QED) is 0.556. The normalized spacial score (nSPS) is 18.3. The van der Waals surface area contributed by atoms with Crippen molar-refractivity contribution in [1.82, 2.24) is 14.4 Å². The number of carbonyl (C=O) groups excluding carboxylic acids is 1. The maximum atomic E-state index is 13.6. The van der Waals surface area contributed by atoms with Crippen molar-refractivity contribution in [3.63, 3.8) is 0 Å². The van der Waals surface area contributed by atoms with Crippen LogP contribution in [0.25, 0.3) is 10.9 Å². The van der Waals surface area contributed by atoms with Crippen LogP contribution in [0.15, 0.2) is 54.6 Å². The number of benzene rings is 2. The predicted octanol–water partition coefficient (Wildman–Crippen LogP) is 5.17. The van der Waals surface area contributed by atoms with E-state index in [1.807, 2.05) is 23.1 Å². The Bertz CT molecular complexity index is 1060. The molecule has 2 aliphatic rings. The van der Waals surface area contributed by atoms with Crippen LogP contribution in [0.5, 0.6) is 0 Å². The number of para-hydroxylation sites is 1. The molecular formula is C27H32FN3O. The molecule has 0 bridgehead atoms. The molecule has 5 rings (SSSR count). The summed E-state index contributed by atoms with van der Waals surface area (Å²) in [4.78, 5) is 18.2. The summed E-state index contributed by atoms with van der Waals surface area (Å²) in [5, 5.41) is 1.07. The molecule has 168 valence electrons. The third-order valence-electron chi connectivity index (χ3n) is 7.15. The minimum absolute atomic E-state index is 0.111. The number of fused-ring (bicyclic) bond motifs is 1. The van der Waals surface area contributed by atoms with E-state index in [0.29, 0.717) is 12.5 Å². The molecule has 1 aromatic heterocycles. The topological polar surface area (TPSA) is 28.5 Å². The summed E-state index contributed by atoms with van der Waals surface area (Å²) in [7, 11) is 0. The van der Waals surface area contributed by atoms with Crippen molar-refractivity contribution in [3.8, 4) is 0 Å². The van der Waals surface area contributed by atoms with Gasteiger partial charge in [0.1, 0.15) is 11.5 Å². The van der Waals surface area contributed by atoms with E-state index in [1.165, 1.54) is 51.0 Å². The van der Waals surface area contributed by atoms with Crippen molar-refractivity contribution in [3.05, 3.63) is 71.7 Å². The summed E-state index contributed by atoms with van der Waals surface area (Å²) in [6, 6.07) is 16.7. The number of halogens is 1. The van der Waals surface area contributed by atoms with Gasteiger partial charge in [-0.05, 0) is 74.5 Å². The monoisotopic (exact) mass is 433 g/mol. The first-order valence-electron chi connectivity index (χ1n) is 12.0. The van der Waals surface area contributed by atoms with Crippen LogP contribution in [0.4, 0.5) is 4.39 Å². The number of amides is 1. The molecule has 2 fully saturated rings. The summed E-state index contributed by atoms with van der Waals surface area (Å²) < 4.78 is 15.5. The van der Waals surface area contributed by atoms with E-state index in [-0.39, 0.29) is 11.7 Å². The molecular weight excluding hydrogens is 401 g/mol. The molecule has 1 amide bonds. The molecule has 2 aliphatic heterocycles. The molecule has 0 N–H and O–H groups in total. The fourth-order valence-corrected chi connectivity index (χ4v) is 5.32. The van der Waals surface area contributed by atoms with Crippen LogP contribution >= 0.6 is 0 Å². The first-order valence-corrected chi connectivity index (χ1v) is 12.0. The lowest BCUT2D eigenvalue weighted by Crippen LogP contribution is -2.43. The smallest absolute Gasteiger partial charge is 0.270 e. The van der Waals surface area contributed by atoms with Crippen molar-refractivity contribution < 1.29 is 9.18 Å². The lowest BCUT2D eigenvalue weighted by molar-refractivity contribution is 0.0651. The van der Waals surface area contributed by atoms with Crippen LogP contribution in [-0.2, 0) is 6.54 Å². The molecule has 0 atom stereocenters. The lowest BCUT2D eigenvalue weighted by Gasteiger charge is -2.36. The van der Waals surface area contributed by atoms with Gasteiger partial charge in [0.2, 0.25) is 0 Å². The van der Waals surface area contributed by atoms with Gasteiger partial charge in [-0.2, -0.15) is 0 Å². The molecule has 3 aromatic rings. The Labute approximate surface area is 189 Å². The molecule has 0 unspecified atom stereocenters. The molecule has 0 spiro atoms. The minimum Gasteiger partial charge on any atom is -0.337 e. The highest BCUT2D eigenvalue weighted by molar-refractivity contribution is 5.99. The molecule has 2 aromatic carbocycles. The third kappa shape index (κ3) is 4.58. The Kier molecular flexibility index (Phi) is 6.26. The van der Waals surface area contributed by atoms with Gasteiger partial charge in [0.05, 0.1) is 0 Å². The van der Waals surface area contributed by atoms with E-state index in [1.54, 1.807) is 12.1 Å². The number of likely N-dealkylation sites (tertiary alicyclic amines) is 2.